The Morgan fingerprint density at radius 3 is 2.03 bits per heavy atom. The molecule has 0 amide bonds. The fourth-order valence-electron chi connectivity index (χ4n) is 3.78. The molecule has 2 aromatic rings. The van der Waals surface area contributed by atoms with Crippen LogP contribution >= 0.6 is 11.8 Å². The van der Waals surface area contributed by atoms with E-state index in [0.717, 1.165) is 24.8 Å². The van der Waals surface area contributed by atoms with Gasteiger partial charge in [-0.15, -0.1) is 0 Å². The molecule has 0 radical (unpaired) electrons. The third-order valence-corrected chi connectivity index (χ3v) is 6.66. The van der Waals surface area contributed by atoms with Crippen molar-refractivity contribution in [3.8, 4) is 0 Å². The molecule has 4 nitrogen and oxygen atoms in total. The molecule has 1 atom stereocenters. The SMILES string of the molecule is O=C(O)CCS[C@@H](CC(=O)O)c1ccccc1CCCCCCCCc1ccccc1. The standard InChI is InChI=1S/C26H34O4S/c27-25(28)18-19-31-24(20-26(29)30)23-17-11-10-16-22(23)15-9-4-2-1-3-6-12-21-13-7-5-8-14-21/h5,7-8,10-11,13-14,16-17,24H,1-4,6,9,12,15,18-20H2,(H,27,28)(H,29,30)/t24-/m0/s1. The zero-order valence-electron chi connectivity index (χ0n) is 18.2. The molecule has 0 heterocycles. The van der Waals surface area contributed by atoms with Crippen LogP contribution in [0, 0.1) is 0 Å². The predicted molar refractivity (Wildman–Crippen MR) is 128 cm³/mol. The number of rotatable bonds is 16. The molecular weight excluding hydrogens is 408 g/mol. The van der Waals surface area contributed by atoms with Gasteiger partial charge in [0.2, 0.25) is 0 Å². The van der Waals surface area contributed by atoms with Gasteiger partial charge in [0.25, 0.3) is 0 Å². The lowest BCUT2D eigenvalue weighted by molar-refractivity contribution is -0.137. The van der Waals surface area contributed by atoms with Crippen molar-refractivity contribution in [1.29, 1.82) is 0 Å². The molecule has 0 saturated heterocycles. The summed E-state index contributed by atoms with van der Waals surface area (Å²) in [5, 5.41) is 18.0. The maximum atomic E-state index is 11.3. The molecule has 0 saturated carbocycles. The summed E-state index contributed by atoms with van der Waals surface area (Å²) in [6.45, 7) is 0. The Hall–Kier alpha value is -2.27. The van der Waals surface area contributed by atoms with Crippen LogP contribution in [0.25, 0.3) is 0 Å². The summed E-state index contributed by atoms with van der Waals surface area (Å²) in [5.74, 6) is -1.28. The highest BCUT2D eigenvalue weighted by Gasteiger charge is 2.19. The highest BCUT2D eigenvalue weighted by molar-refractivity contribution is 7.99. The van der Waals surface area contributed by atoms with Crippen molar-refractivity contribution in [2.75, 3.05) is 5.75 Å². The summed E-state index contributed by atoms with van der Waals surface area (Å²) >= 11 is 1.43. The van der Waals surface area contributed by atoms with Crippen LogP contribution in [0.4, 0.5) is 0 Å². The molecule has 2 aromatic carbocycles. The fourth-order valence-corrected chi connectivity index (χ4v) is 5.03. The number of benzene rings is 2. The predicted octanol–water partition coefficient (Wildman–Crippen LogP) is 6.54. The lowest BCUT2D eigenvalue weighted by Crippen LogP contribution is -2.08. The first kappa shape index (κ1) is 25.0. The molecule has 0 unspecified atom stereocenters. The second-order valence-corrected chi connectivity index (χ2v) is 9.22. The van der Waals surface area contributed by atoms with E-state index >= 15 is 0 Å². The first-order valence-corrected chi connectivity index (χ1v) is 12.3. The Labute approximate surface area is 190 Å². The van der Waals surface area contributed by atoms with Crippen molar-refractivity contribution in [3.63, 3.8) is 0 Å². The highest BCUT2D eigenvalue weighted by atomic mass is 32.2. The summed E-state index contributed by atoms with van der Waals surface area (Å²) in [4.78, 5) is 22.2. The normalized spacial score (nSPS) is 11.9. The molecule has 2 rings (SSSR count). The van der Waals surface area contributed by atoms with Gasteiger partial charge in [0.1, 0.15) is 0 Å². The number of aliphatic carboxylic acids is 2. The molecule has 5 heteroatoms. The van der Waals surface area contributed by atoms with Gasteiger partial charge in [-0.05, 0) is 42.4 Å². The van der Waals surface area contributed by atoms with Crippen LogP contribution in [0.3, 0.4) is 0 Å². The second kappa shape index (κ2) is 14.7. The van der Waals surface area contributed by atoms with Gasteiger partial charge in [0.05, 0.1) is 12.8 Å². The van der Waals surface area contributed by atoms with Crippen LogP contribution in [0.2, 0.25) is 0 Å². The third-order valence-electron chi connectivity index (χ3n) is 5.40. The maximum absolute atomic E-state index is 11.3. The first-order chi connectivity index (χ1) is 15.1. The minimum absolute atomic E-state index is 0.0166. The van der Waals surface area contributed by atoms with E-state index in [1.165, 1.54) is 55.0 Å². The molecule has 0 spiro atoms. The van der Waals surface area contributed by atoms with E-state index in [-0.39, 0.29) is 18.1 Å². The van der Waals surface area contributed by atoms with E-state index in [1.54, 1.807) is 0 Å². The zero-order valence-corrected chi connectivity index (χ0v) is 19.0. The average Bonchev–Trinajstić information content (AvgIpc) is 2.75. The smallest absolute Gasteiger partial charge is 0.304 e. The first-order valence-electron chi connectivity index (χ1n) is 11.2. The van der Waals surface area contributed by atoms with Crippen molar-refractivity contribution in [2.24, 2.45) is 0 Å². The highest BCUT2D eigenvalue weighted by Crippen LogP contribution is 2.35. The Balaban J connectivity index is 1.74. The van der Waals surface area contributed by atoms with E-state index in [1.807, 2.05) is 18.2 Å². The number of hydrogen-bond donors (Lipinski definition) is 2. The topological polar surface area (TPSA) is 74.6 Å². The van der Waals surface area contributed by atoms with Crippen LogP contribution in [0.15, 0.2) is 54.6 Å². The molecular formula is C26H34O4S. The quantitative estimate of drug-likeness (QED) is 0.289. The van der Waals surface area contributed by atoms with Gasteiger partial charge in [-0.2, -0.15) is 11.8 Å². The molecule has 0 aliphatic heterocycles. The largest absolute Gasteiger partial charge is 0.481 e. The number of aryl methyl sites for hydroxylation is 2. The van der Waals surface area contributed by atoms with Crippen molar-refractivity contribution >= 4 is 23.7 Å². The Morgan fingerprint density at radius 2 is 1.35 bits per heavy atom. The minimum Gasteiger partial charge on any atom is -0.481 e. The molecule has 31 heavy (non-hydrogen) atoms. The maximum Gasteiger partial charge on any atom is 0.304 e. The number of hydrogen-bond acceptors (Lipinski definition) is 3. The summed E-state index contributed by atoms with van der Waals surface area (Å²) in [7, 11) is 0. The van der Waals surface area contributed by atoms with Gasteiger partial charge in [0, 0.05) is 11.0 Å². The van der Waals surface area contributed by atoms with Crippen LogP contribution in [0.1, 0.15) is 73.3 Å². The van der Waals surface area contributed by atoms with Crippen LogP contribution in [-0.4, -0.2) is 27.9 Å². The number of thioether (sulfide) groups is 1. The van der Waals surface area contributed by atoms with Gasteiger partial charge >= 0.3 is 11.9 Å². The molecule has 0 fully saturated rings. The fraction of sp³-hybridized carbons (Fsp3) is 0.462. The van der Waals surface area contributed by atoms with E-state index in [4.69, 9.17) is 5.11 Å². The average molecular weight is 443 g/mol. The molecule has 0 bridgehead atoms. The Morgan fingerprint density at radius 1 is 0.742 bits per heavy atom. The summed E-state index contributed by atoms with van der Waals surface area (Å²) in [5.41, 5.74) is 3.65. The molecule has 2 N–H and O–H groups in total. The molecule has 0 aliphatic rings. The van der Waals surface area contributed by atoms with Gasteiger partial charge in [-0.25, -0.2) is 0 Å². The Kier molecular flexibility index (Phi) is 11.8. The number of unbranched alkanes of at least 4 members (excludes halogenated alkanes) is 5. The molecule has 0 aromatic heterocycles. The van der Waals surface area contributed by atoms with E-state index in [9.17, 15) is 14.7 Å². The van der Waals surface area contributed by atoms with E-state index < -0.39 is 11.9 Å². The summed E-state index contributed by atoms with van der Waals surface area (Å²) in [6.07, 6.45) is 9.39. The van der Waals surface area contributed by atoms with E-state index in [2.05, 4.69) is 36.4 Å². The summed E-state index contributed by atoms with van der Waals surface area (Å²) in [6, 6.07) is 18.7. The van der Waals surface area contributed by atoms with Gasteiger partial charge in [-0.3, -0.25) is 9.59 Å². The van der Waals surface area contributed by atoms with Crippen molar-refractivity contribution in [3.05, 3.63) is 71.3 Å². The lowest BCUT2D eigenvalue weighted by atomic mass is 9.97. The van der Waals surface area contributed by atoms with Gasteiger partial charge in [-0.1, -0.05) is 80.3 Å². The number of carboxylic acid groups (broad SMARTS) is 2. The number of carbonyl (C=O) groups is 2. The van der Waals surface area contributed by atoms with Crippen molar-refractivity contribution < 1.29 is 19.8 Å². The van der Waals surface area contributed by atoms with Crippen LogP contribution < -0.4 is 0 Å². The zero-order chi connectivity index (χ0) is 22.3. The lowest BCUT2D eigenvalue weighted by Gasteiger charge is -2.18. The molecule has 168 valence electrons. The minimum atomic E-state index is -0.849. The van der Waals surface area contributed by atoms with Gasteiger partial charge < -0.3 is 10.2 Å². The Bertz CT molecular complexity index is 791. The van der Waals surface area contributed by atoms with Crippen molar-refractivity contribution in [1.82, 2.24) is 0 Å². The monoisotopic (exact) mass is 442 g/mol. The number of carboxylic acids is 2. The summed E-state index contributed by atoms with van der Waals surface area (Å²) < 4.78 is 0. The van der Waals surface area contributed by atoms with Crippen LogP contribution in [0.5, 0.6) is 0 Å². The van der Waals surface area contributed by atoms with Crippen molar-refractivity contribution in [2.45, 2.75) is 69.5 Å². The third kappa shape index (κ3) is 10.5. The van der Waals surface area contributed by atoms with E-state index in [0.29, 0.717) is 5.75 Å². The van der Waals surface area contributed by atoms with Crippen LogP contribution in [-0.2, 0) is 22.4 Å². The van der Waals surface area contributed by atoms with Gasteiger partial charge in [0.15, 0.2) is 0 Å². The second-order valence-electron chi connectivity index (χ2n) is 7.91. The molecule has 0 aliphatic carbocycles.